The van der Waals surface area contributed by atoms with E-state index in [0.717, 1.165) is 32.2 Å². The number of Topliss-reactive ketones (excluding diaryl/α,β-unsaturated/α-hetero) is 1. The standard InChI is InChI=1S/C26H36FNO/c1-2-9-24-12-19-13-25(16-24,21-6-4-3-5-7-21)18-26(14-19,17-24)23(29)11-20-8-10-28-15-22(20)27/h3-7,19-20,22,28H,2,8-18H2,1H3/t19?,20-,22+,24+,25+,26?/m0/s1. The third-order valence-electron chi connectivity index (χ3n) is 8.93. The summed E-state index contributed by atoms with van der Waals surface area (Å²) >= 11 is 0. The van der Waals surface area contributed by atoms with E-state index in [0.29, 0.717) is 30.1 Å². The molecule has 4 aliphatic carbocycles. The molecule has 5 aliphatic rings. The molecule has 6 rings (SSSR count). The first-order valence-corrected chi connectivity index (χ1v) is 11.9. The van der Waals surface area contributed by atoms with Gasteiger partial charge in [0, 0.05) is 18.4 Å². The molecule has 1 heterocycles. The predicted molar refractivity (Wildman–Crippen MR) is 115 cm³/mol. The summed E-state index contributed by atoms with van der Waals surface area (Å²) in [6.45, 7) is 3.56. The van der Waals surface area contributed by atoms with Crippen molar-refractivity contribution in [3.63, 3.8) is 0 Å². The molecule has 1 N–H and O–H groups in total. The molecule has 4 bridgehead atoms. The minimum Gasteiger partial charge on any atom is -0.314 e. The molecule has 29 heavy (non-hydrogen) atoms. The Morgan fingerprint density at radius 2 is 1.97 bits per heavy atom. The van der Waals surface area contributed by atoms with Crippen molar-refractivity contribution in [3.8, 4) is 0 Å². The van der Waals surface area contributed by atoms with E-state index in [1.54, 1.807) is 0 Å². The van der Waals surface area contributed by atoms with Gasteiger partial charge < -0.3 is 5.32 Å². The number of piperidine rings is 1. The van der Waals surface area contributed by atoms with E-state index < -0.39 is 6.17 Å². The zero-order valence-electron chi connectivity index (χ0n) is 17.9. The fourth-order valence-electron chi connectivity index (χ4n) is 8.43. The van der Waals surface area contributed by atoms with Gasteiger partial charge in [-0.1, -0.05) is 43.7 Å². The summed E-state index contributed by atoms with van der Waals surface area (Å²) in [5.41, 5.74) is 1.74. The van der Waals surface area contributed by atoms with Crippen molar-refractivity contribution in [1.29, 1.82) is 0 Å². The first-order valence-electron chi connectivity index (χ1n) is 11.9. The van der Waals surface area contributed by atoms with Crippen molar-refractivity contribution >= 4 is 5.78 Å². The molecular weight excluding hydrogens is 361 g/mol. The van der Waals surface area contributed by atoms with Gasteiger partial charge in [0.1, 0.15) is 12.0 Å². The summed E-state index contributed by atoms with van der Waals surface area (Å²) in [5, 5.41) is 3.14. The quantitative estimate of drug-likeness (QED) is 0.677. The average molecular weight is 398 g/mol. The van der Waals surface area contributed by atoms with Crippen LogP contribution in [0.3, 0.4) is 0 Å². The Balaban J connectivity index is 1.48. The minimum atomic E-state index is -0.866. The van der Waals surface area contributed by atoms with Gasteiger partial charge in [0.05, 0.1) is 0 Å². The number of halogens is 1. The van der Waals surface area contributed by atoms with Crippen molar-refractivity contribution in [2.75, 3.05) is 13.1 Å². The fraction of sp³-hybridized carbons (Fsp3) is 0.731. The summed E-state index contributed by atoms with van der Waals surface area (Å²) in [5.74, 6) is 0.986. The molecule has 5 fully saturated rings. The smallest absolute Gasteiger partial charge is 0.139 e. The maximum atomic E-state index is 14.5. The molecular formula is C26H36FNO. The molecule has 2 nitrogen and oxygen atoms in total. The van der Waals surface area contributed by atoms with Gasteiger partial charge in [-0.3, -0.25) is 4.79 Å². The van der Waals surface area contributed by atoms with Crippen LogP contribution < -0.4 is 5.32 Å². The highest BCUT2D eigenvalue weighted by molar-refractivity contribution is 5.86. The summed E-state index contributed by atoms with van der Waals surface area (Å²) < 4.78 is 14.5. The first-order chi connectivity index (χ1) is 14.0. The van der Waals surface area contributed by atoms with E-state index >= 15 is 0 Å². The SMILES string of the molecule is CCC[C@]12CC3CC(C(=O)C[C@@H]4CCNC[C@H]4F)(C1)C[C@@](c1ccccc1)(C3)C2. The van der Waals surface area contributed by atoms with Crippen LogP contribution in [0.5, 0.6) is 0 Å². The van der Waals surface area contributed by atoms with E-state index in [1.165, 1.54) is 37.7 Å². The lowest BCUT2D eigenvalue weighted by molar-refractivity contribution is -0.163. The third kappa shape index (κ3) is 3.28. The number of carbonyl (C=O) groups excluding carboxylic acids is 1. The Bertz CT molecular complexity index is 765. The number of hydrogen-bond acceptors (Lipinski definition) is 2. The second-order valence-electron chi connectivity index (χ2n) is 11.1. The molecule has 2 unspecified atom stereocenters. The molecule has 3 heteroatoms. The van der Waals surface area contributed by atoms with Crippen LogP contribution in [0, 0.1) is 22.7 Å². The molecule has 6 atom stereocenters. The fourth-order valence-corrected chi connectivity index (χ4v) is 8.43. The zero-order valence-corrected chi connectivity index (χ0v) is 17.9. The monoisotopic (exact) mass is 397 g/mol. The van der Waals surface area contributed by atoms with Crippen LogP contribution in [-0.4, -0.2) is 25.0 Å². The van der Waals surface area contributed by atoms with Crippen LogP contribution in [0.25, 0.3) is 0 Å². The lowest BCUT2D eigenvalue weighted by atomic mass is 9.37. The van der Waals surface area contributed by atoms with Crippen molar-refractivity contribution in [2.24, 2.45) is 22.7 Å². The number of benzene rings is 1. The number of hydrogen-bond donors (Lipinski definition) is 1. The predicted octanol–water partition coefficient (Wildman–Crippen LogP) is 5.60. The third-order valence-corrected chi connectivity index (χ3v) is 8.93. The normalized spacial score (nSPS) is 43.4. The van der Waals surface area contributed by atoms with Crippen molar-refractivity contribution in [3.05, 3.63) is 35.9 Å². The number of alkyl halides is 1. The molecule has 4 saturated carbocycles. The second kappa shape index (κ2) is 7.18. The van der Waals surface area contributed by atoms with Crippen LogP contribution in [0.15, 0.2) is 30.3 Å². The summed E-state index contributed by atoms with van der Waals surface area (Å²) in [4.78, 5) is 13.8. The van der Waals surface area contributed by atoms with Crippen LogP contribution in [0.2, 0.25) is 0 Å². The minimum absolute atomic E-state index is 0.0773. The van der Waals surface area contributed by atoms with Crippen molar-refractivity contribution in [2.45, 2.75) is 82.7 Å². The summed E-state index contributed by atoms with van der Waals surface area (Å²) in [6, 6.07) is 11.0. The Kier molecular flexibility index (Phi) is 4.89. The molecule has 1 aliphatic heterocycles. The average Bonchev–Trinajstić information content (AvgIpc) is 2.69. The molecule has 0 spiro atoms. The Morgan fingerprint density at radius 3 is 2.72 bits per heavy atom. The lowest BCUT2D eigenvalue weighted by Crippen LogP contribution is -2.61. The molecule has 0 amide bonds. The van der Waals surface area contributed by atoms with E-state index in [4.69, 9.17) is 0 Å². The van der Waals surface area contributed by atoms with Crippen LogP contribution in [-0.2, 0) is 10.2 Å². The Labute approximate surface area is 175 Å². The van der Waals surface area contributed by atoms with Crippen LogP contribution in [0.1, 0.15) is 76.7 Å². The van der Waals surface area contributed by atoms with Crippen molar-refractivity contribution < 1.29 is 9.18 Å². The number of ketones is 1. The van der Waals surface area contributed by atoms with E-state index in [1.807, 2.05) is 0 Å². The maximum Gasteiger partial charge on any atom is 0.139 e. The van der Waals surface area contributed by atoms with Gasteiger partial charge >= 0.3 is 0 Å². The first kappa shape index (κ1) is 19.7. The van der Waals surface area contributed by atoms with E-state index in [9.17, 15) is 9.18 Å². The van der Waals surface area contributed by atoms with Gasteiger partial charge in [-0.05, 0) is 86.1 Å². The lowest BCUT2D eigenvalue weighted by Gasteiger charge is -2.67. The van der Waals surface area contributed by atoms with Gasteiger partial charge in [-0.2, -0.15) is 0 Å². The van der Waals surface area contributed by atoms with Crippen LogP contribution >= 0.6 is 0 Å². The Morgan fingerprint density at radius 1 is 1.14 bits per heavy atom. The highest BCUT2D eigenvalue weighted by Crippen LogP contribution is 2.71. The van der Waals surface area contributed by atoms with Crippen molar-refractivity contribution in [1.82, 2.24) is 5.32 Å². The highest BCUT2D eigenvalue weighted by Gasteiger charge is 2.65. The largest absolute Gasteiger partial charge is 0.314 e. The topological polar surface area (TPSA) is 29.1 Å². The zero-order chi connectivity index (χ0) is 20.1. The number of carbonyl (C=O) groups is 1. The van der Waals surface area contributed by atoms with Gasteiger partial charge in [0.25, 0.3) is 0 Å². The number of rotatable bonds is 6. The van der Waals surface area contributed by atoms with Crippen LogP contribution in [0.4, 0.5) is 4.39 Å². The maximum absolute atomic E-state index is 14.5. The highest BCUT2D eigenvalue weighted by atomic mass is 19.1. The molecule has 0 radical (unpaired) electrons. The van der Waals surface area contributed by atoms with E-state index in [-0.39, 0.29) is 16.7 Å². The van der Waals surface area contributed by atoms with Gasteiger partial charge in [0.2, 0.25) is 0 Å². The van der Waals surface area contributed by atoms with Gasteiger partial charge in [0.15, 0.2) is 0 Å². The second-order valence-corrected chi connectivity index (χ2v) is 11.1. The number of nitrogens with one attached hydrogen (secondary N) is 1. The molecule has 0 aromatic heterocycles. The summed E-state index contributed by atoms with van der Waals surface area (Å²) in [7, 11) is 0. The van der Waals surface area contributed by atoms with E-state index in [2.05, 4.69) is 42.6 Å². The van der Waals surface area contributed by atoms with Gasteiger partial charge in [-0.25, -0.2) is 4.39 Å². The summed E-state index contributed by atoms with van der Waals surface area (Å²) in [6.07, 6.45) is 9.78. The molecule has 158 valence electrons. The molecule has 1 aromatic rings. The molecule has 1 aromatic carbocycles. The molecule has 1 saturated heterocycles. The van der Waals surface area contributed by atoms with Gasteiger partial charge in [-0.15, -0.1) is 0 Å². The Hall–Kier alpha value is -1.22.